The van der Waals surface area contributed by atoms with Gasteiger partial charge in [0.1, 0.15) is 0 Å². The topological polar surface area (TPSA) is 28.2 Å². The second-order valence-electron chi connectivity index (χ2n) is 5.41. The first kappa shape index (κ1) is 13.0. The van der Waals surface area contributed by atoms with E-state index in [1.807, 2.05) is 0 Å². The molecule has 1 aliphatic rings. The molecule has 0 spiro atoms. The summed E-state index contributed by atoms with van der Waals surface area (Å²) in [5, 5.41) is 6.94. The van der Waals surface area contributed by atoms with Gasteiger partial charge in [0.05, 0.1) is 10.7 Å². The molecule has 1 aliphatic heterocycles. The fraction of sp³-hybridized carbons (Fsp3) is 0.769. The van der Waals surface area contributed by atoms with Crippen molar-refractivity contribution in [1.29, 1.82) is 0 Å². The highest BCUT2D eigenvalue weighted by molar-refractivity contribution is 7.09. The molecule has 1 aromatic heterocycles. The third-order valence-electron chi connectivity index (χ3n) is 3.45. The number of nitrogens with zero attached hydrogens (tertiary/aromatic N) is 2. The molecule has 1 fully saturated rings. The zero-order valence-electron chi connectivity index (χ0n) is 11.2. The molecule has 2 heterocycles. The van der Waals surface area contributed by atoms with E-state index in [9.17, 15) is 0 Å². The molecule has 17 heavy (non-hydrogen) atoms. The smallest absolute Gasteiger partial charge is 0.0897 e. The lowest BCUT2D eigenvalue weighted by Crippen LogP contribution is -2.56. The number of aromatic nitrogens is 1. The van der Waals surface area contributed by atoms with Gasteiger partial charge >= 0.3 is 0 Å². The first-order valence-electron chi connectivity index (χ1n) is 6.44. The molecule has 1 aromatic rings. The second-order valence-corrected chi connectivity index (χ2v) is 6.47. The Bertz CT molecular complexity index is 361. The second kappa shape index (κ2) is 5.46. The van der Waals surface area contributed by atoms with Crippen LogP contribution in [0.15, 0.2) is 5.38 Å². The van der Waals surface area contributed by atoms with Crippen LogP contribution in [0, 0.1) is 12.8 Å². The summed E-state index contributed by atoms with van der Waals surface area (Å²) in [6, 6.07) is 1.22. The van der Waals surface area contributed by atoms with Crippen LogP contribution in [0.4, 0.5) is 0 Å². The van der Waals surface area contributed by atoms with Crippen molar-refractivity contribution in [3.05, 3.63) is 16.1 Å². The molecule has 0 aliphatic carbocycles. The molecular formula is C13H23N3S. The predicted octanol–water partition coefficient (Wildman–Crippen LogP) is 2.27. The van der Waals surface area contributed by atoms with Crippen molar-refractivity contribution in [2.75, 3.05) is 13.1 Å². The summed E-state index contributed by atoms with van der Waals surface area (Å²) < 4.78 is 0. The molecule has 0 radical (unpaired) electrons. The van der Waals surface area contributed by atoms with Crippen LogP contribution >= 0.6 is 11.3 Å². The lowest BCUT2D eigenvalue weighted by molar-refractivity contribution is 0.0945. The van der Waals surface area contributed by atoms with Crippen molar-refractivity contribution < 1.29 is 0 Å². The van der Waals surface area contributed by atoms with Gasteiger partial charge in [-0.05, 0) is 19.8 Å². The number of thiazole rings is 1. The van der Waals surface area contributed by atoms with E-state index in [0.717, 1.165) is 19.6 Å². The summed E-state index contributed by atoms with van der Waals surface area (Å²) >= 11 is 1.75. The van der Waals surface area contributed by atoms with Crippen LogP contribution in [0.3, 0.4) is 0 Å². The normalized spacial score (nSPS) is 26.6. The van der Waals surface area contributed by atoms with Crippen LogP contribution in [-0.4, -0.2) is 35.1 Å². The summed E-state index contributed by atoms with van der Waals surface area (Å²) in [7, 11) is 0. The Morgan fingerprint density at radius 3 is 2.94 bits per heavy atom. The van der Waals surface area contributed by atoms with Gasteiger partial charge in [-0.25, -0.2) is 4.98 Å². The molecule has 2 rings (SSSR count). The molecule has 1 N–H and O–H groups in total. The summed E-state index contributed by atoms with van der Waals surface area (Å²) in [4.78, 5) is 7.16. The Labute approximate surface area is 108 Å². The number of aryl methyl sites for hydroxylation is 1. The van der Waals surface area contributed by atoms with Crippen LogP contribution < -0.4 is 5.32 Å². The number of hydrogen-bond donors (Lipinski definition) is 1. The van der Waals surface area contributed by atoms with Gasteiger partial charge in [0.15, 0.2) is 0 Å². The molecule has 4 heteroatoms. The van der Waals surface area contributed by atoms with Crippen molar-refractivity contribution in [2.45, 2.75) is 46.3 Å². The highest BCUT2D eigenvalue weighted by atomic mass is 32.1. The minimum absolute atomic E-state index is 0.588. The van der Waals surface area contributed by atoms with Crippen molar-refractivity contribution >= 4 is 11.3 Å². The van der Waals surface area contributed by atoms with Gasteiger partial charge in [-0.1, -0.05) is 13.8 Å². The van der Waals surface area contributed by atoms with Crippen LogP contribution in [0.5, 0.6) is 0 Å². The van der Waals surface area contributed by atoms with Crippen molar-refractivity contribution in [3.63, 3.8) is 0 Å². The maximum Gasteiger partial charge on any atom is 0.0897 e. The Balaban J connectivity index is 2.04. The molecule has 0 bridgehead atoms. The number of nitrogens with one attached hydrogen (secondary N) is 1. The average Bonchev–Trinajstić information content (AvgIpc) is 2.63. The summed E-state index contributed by atoms with van der Waals surface area (Å²) in [5.74, 6) is 0.690. The van der Waals surface area contributed by atoms with Crippen molar-refractivity contribution in [2.24, 2.45) is 5.92 Å². The monoisotopic (exact) mass is 253 g/mol. The molecule has 96 valence electrons. The standard InChI is InChI=1S/C13H23N3S/c1-9(2)13-5-14-10(3)6-16(13)7-12-8-17-11(4)15-12/h8-10,13-14H,5-7H2,1-4H3. The Hall–Kier alpha value is -0.450. The van der Waals surface area contributed by atoms with E-state index >= 15 is 0 Å². The van der Waals surface area contributed by atoms with Crippen LogP contribution in [-0.2, 0) is 6.54 Å². The van der Waals surface area contributed by atoms with Gasteiger partial charge in [-0.3, -0.25) is 4.90 Å². The molecule has 2 unspecified atom stereocenters. The Kier molecular flexibility index (Phi) is 4.17. The highest BCUT2D eigenvalue weighted by Crippen LogP contribution is 2.19. The zero-order chi connectivity index (χ0) is 12.4. The number of piperazine rings is 1. The third kappa shape index (κ3) is 3.27. The van der Waals surface area contributed by atoms with E-state index in [-0.39, 0.29) is 0 Å². The molecule has 0 aromatic carbocycles. The largest absolute Gasteiger partial charge is 0.311 e. The molecule has 0 amide bonds. The van der Waals surface area contributed by atoms with E-state index < -0.39 is 0 Å². The zero-order valence-corrected chi connectivity index (χ0v) is 12.0. The van der Waals surface area contributed by atoms with Crippen LogP contribution in [0.2, 0.25) is 0 Å². The first-order valence-corrected chi connectivity index (χ1v) is 7.32. The van der Waals surface area contributed by atoms with E-state index in [1.165, 1.54) is 10.7 Å². The number of rotatable bonds is 3. The molecule has 3 nitrogen and oxygen atoms in total. The van der Waals surface area contributed by atoms with Crippen LogP contribution in [0.25, 0.3) is 0 Å². The van der Waals surface area contributed by atoms with Crippen molar-refractivity contribution in [1.82, 2.24) is 15.2 Å². The lowest BCUT2D eigenvalue weighted by atomic mass is 9.98. The van der Waals surface area contributed by atoms with E-state index in [2.05, 4.69) is 48.3 Å². The minimum Gasteiger partial charge on any atom is -0.311 e. The quantitative estimate of drug-likeness (QED) is 0.895. The van der Waals surface area contributed by atoms with Gasteiger partial charge < -0.3 is 5.32 Å². The third-order valence-corrected chi connectivity index (χ3v) is 4.28. The average molecular weight is 253 g/mol. The SMILES string of the molecule is Cc1nc(CN2CC(C)NCC2C(C)C)cs1. The highest BCUT2D eigenvalue weighted by Gasteiger charge is 2.28. The molecule has 1 saturated heterocycles. The maximum absolute atomic E-state index is 4.58. The van der Waals surface area contributed by atoms with E-state index in [4.69, 9.17) is 0 Å². The van der Waals surface area contributed by atoms with Crippen molar-refractivity contribution in [3.8, 4) is 0 Å². The van der Waals surface area contributed by atoms with Gasteiger partial charge in [0, 0.05) is 37.1 Å². The Morgan fingerprint density at radius 1 is 1.59 bits per heavy atom. The molecule has 2 atom stereocenters. The Morgan fingerprint density at radius 2 is 2.35 bits per heavy atom. The number of hydrogen-bond acceptors (Lipinski definition) is 4. The molecule has 0 saturated carbocycles. The maximum atomic E-state index is 4.58. The fourth-order valence-corrected chi connectivity index (χ4v) is 3.13. The fourth-order valence-electron chi connectivity index (χ4n) is 2.53. The summed E-state index contributed by atoms with van der Waals surface area (Å²) in [5.41, 5.74) is 1.23. The predicted molar refractivity (Wildman–Crippen MR) is 73.4 cm³/mol. The van der Waals surface area contributed by atoms with Gasteiger partial charge in [0.25, 0.3) is 0 Å². The van der Waals surface area contributed by atoms with Gasteiger partial charge in [0.2, 0.25) is 0 Å². The summed E-state index contributed by atoms with van der Waals surface area (Å²) in [6.07, 6.45) is 0. The lowest BCUT2D eigenvalue weighted by Gasteiger charge is -2.41. The van der Waals surface area contributed by atoms with Gasteiger partial charge in [-0.15, -0.1) is 11.3 Å². The molecular weight excluding hydrogens is 230 g/mol. The van der Waals surface area contributed by atoms with Gasteiger partial charge in [-0.2, -0.15) is 0 Å². The van der Waals surface area contributed by atoms with E-state index in [0.29, 0.717) is 18.0 Å². The minimum atomic E-state index is 0.588. The van der Waals surface area contributed by atoms with Crippen LogP contribution in [0.1, 0.15) is 31.5 Å². The summed E-state index contributed by atoms with van der Waals surface area (Å²) in [6.45, 7) is 12.2. The van der Waals surface area contributed by atoms with E-state index in [1.54, 1.807) is 11.3 Å². The first-order chi connectivity index (χ1) is 8.06.